The Bertz CT molecular complexity index is 323. The molecule has 1 aromatic carbocycles. The van der Waals surface area contributed by atoms with Gasteiger partial charge in [-0.3, -0.25) is 0 Å². The quantitative estimate of drug-likeness (QED) is 0.830. The number of hydrogen-bond acceptors (Lipinski definition) is 4. The monoisotopic (exact) mass is 212 g/mol. The molecule has 76 valence electrons. The third-order valence-corrected chi connectivity index (χ3v) is 3.26. The van der Waals surface area contributed by atoms with Gasteiger partial charge in [0.2, 0.25) is 0 Å². The van der Waals surface area contributed by atoms with Gasteiger partial charge < -0.3 is 14.6 Å². The summed E-state index contributed by atoms with van der Waals surface area (Å²) >= 11 is 1.87. The number of phenolic OH excluding ortho intramolecular Hbond substituents is 1. The first-order valence-corrected chi connectivity index (χ1v) is 5.56. The van der Waals surface area contributed by atoms with Crippen molar-refractivity contribution in [2.45, 2.75) is 6.10 Å². The van der Waals surface area contributed by atoms with Crippen molar-refractivity contribution in [3.05, 3.63) is 18.2 Å². The Morgan fingerprint density at radius 3 is 2.71 bits per heavy atom. The summed E-state index contributed by atoms with van der Waals surface area (Å²) in [5.74, 6) is 3.54. The van der Waals surface area contributed by atoms with Gasteiger partial charge in [-0.1, -0.05) is 0 Å². The van der Waals surface area contributed by atoms with Crippen LogP contribution >= 0.6 is 11.8 Å². The molecule has 1 aliphatic heterocycles. The lowest BCUT2D eigenvalue weighted by molar-refractivity contribution is 0.228. The molecule has 3 nitrogen and oxygen atoms in total. The first-order chi connectivity index (χ1) is 6.79. The minimum Gasteiger partial charge on any atom is -0.508 e. The van der Waals surface area contributed by atoms with Crippen molar-refractivity contribution < 1.29 is 14.6 Å². The first-order valence-electron chi connectivity index (χ1n) is 4.41. The Hall–Kier alpha value is -1.03. The van der Waals surface area contributed by atoms with Gasteiger partial charge in [0, 0.05) is 17.6 Å². The standard InChI is InChI=1S/C10H12O3S/c1-12-10-4-7(11)2-3-9(10)13-8-5-14-6-8/h2-4,8,11H,5-6H2,1H3. The van der Waals surface area contributed by atoms with Crippen LogP contribution in [0.4, 0.5) is 0 Å². The minimum atomic E-state index is 0.192. The van der Waals surface area contributed by atoms with E-state index in [0.717, 1.165) is 11.5 Å². The van der Waals surface area contributed by atoms with Gasteiger partial charge in [-0.15, -0.1) is 0 Å². The smallest absolute Gasteiger partial charge is 0.164 e. The van der Waals surface area contributed by atoms with Crippen LogP contribution in [0.5, 0.6) is 17.2 Å². The van der Waals surface area contributed by atoms with E-state index in [4.69, 9.17) is 9.47 Å². The van der Waals surface area contributed by atoms with Crippen molar-refractivity contribution in [3.8, 4) is 17.2 Å². The number of ether oxygens (including phenoxy) is 2. The molecule has 0 unspecified atom stereocenters. The lowest BCUT2D eigenvalue weighted by Crippen LogP contribution is -2.31. The van der Waals surface area contributed by atoms with Crippen LogP contribution in [0.25, 0.3) is 0 Å². The van der Waals surface area contributed by atoms with Crippen LogP contribution in [0.15, 0.2) is 18.2 Å². The van der Waals surface area contributed by atoms with Crippen molar-refractivity contribution in [2.75, 3.05) is 18.6 Å². The second-order valence-electron chi connectivity index (χ2n) is 3.11. The molecule has 14 heavy (non-hydrogen) atoms. The molecular weight excluding hydrogens is 200 g/mol. The molecule has 1 N–H and O–H groups in total. The van der Waals surface area contributed by atoms with E-state index in [1.165, 1.54) is 0 Å². The van der Waals surface area contributed by atoms with E-state index in [9.17, 15) is 5.11 Å². The summed E-state index contributed by atoms with van der Waals surface area (Å²) < 4.78 is 10.8. The summed E-state index contributed by atoms with van der Waals surface area (Å²) in [6, 6.07) is 4.89. The SMILES string of the molecule is COc1cc(O)ccc1OC1CSC1. The van der Waals surface area contributed by atoms with Crippen molar-refractivity contribution in [1.82, 2.24) is 0 Å². The Balaban J connectivity index is 2.14. The second-order valence-corrected chi connectivity index (χ2v) is 4.19. The molecule has 4 heteroatoms. The van der Waals surface area contributed by atoms with Gasteiger partial charge in [0.25, 0.3) is 0 Å². The van der Waals surface area contributed by atoms with Crippen LogP contribution < -0.4 is 9.47 Å². The summed E-state index contributed by atoms with van der Waals surface area (Å²) in [5, 5.41) is 9.23. The zero-order valence-corrected chi connectivity index (χ0v) is 8.71. The number of rotatable bonds is 3. The van der Waals surface area contributed by atoms with Crippen LogP contribution in [0, 0.1) is 0 Å². The van der Waals surface area contributed by atoms with Gasteiger partial charge in [0.15, 0.2) is 11.5 Å². The van der Waals surface area contributed by atoms with Crippen LogP contribution in [-0.2, 0) is 0 Å². The molecule has 1 saturated heterocycles. The highest BCUT2D eigenvalue weighted by Crippen LogP contribution is 2.33. The van der Waals surface area contributed by atoms with Gasteiger partial charge in [-0.05, 0) is 12.1 Å². The predicted molar refractivity (Wildman–Crippen MR) is 56.4 cm³/mol. The van der Waals surface area contributed by atoms with Gasteiger partial charge in [-0.25, -0.2) is 0 Å². The van der Waals surface area contributed by atoms with Crippen LogP contribution in [0.3, 0.4) is 0 Å². The van der Waals surface area contributed by atoms with E-state index in [0.29, 0.717) is 17.6 Å². The summed E-state index contributed by atoms with van der Waals surface area (Å²) in [6.45, 7) is 0. The molecule has 1 heterocycles. The van der Waals surface area contributed by atoms with Crippen molar-refractivity contribution in [1.29, 1.82) is 0 Å². The fourth-order valence-corrected chi connectivity index (χ4v) is 1.78. The summed E-state index contributed by atoms with van der Waals surface area (Å²) in [5.41, 5.74) is 0. The van der Waals surface area contributed by atoms with E-state index in [1.807, 2.05) is 11.8 Å². The molecule has 1 aromatic rings. The van der Waals surface area contributed by atoms with Gasteiger partial charge in [0.05, 0.1) is 7.11 Å². The molecule has 0 aromatic heterocycles. The maximum absolute atomic E-state index is 9.23. The number of aromatic hydroxyl groups is 1. The lowest BCUT2D eigenvalue weighted by atomic mass is 10.3. The van der Waals surface area contributed by atoms with Crippen LogP contribution in [-0.4, -0.2) is 29.8 Å². The molecule has 0 aliphatic carbocycles. The molecule has 0 radical (unpaired) electrons. The molecule has 0 amide bonds. The Labute approximate surface area is 87.0 Å². The highest BCUT2D eigenvalue weighted by atomic mass is 32.2. The second kappa shape index (κ2) is 4.00. The molecular formula is C10H12O3S. The van der Waals surface area contributed by atoms with Crippen molar-refractivity contribution in [3.63, 3.8) is 0 Å². The number of benzene rings is 1. The van der Waals surface area contributed by atoms with Crippen LogP contribution in [0.1, 0.15) is 0 Å². The van der Waals surface area contributed by atoms with Gasteiger partial charge >= 0.3 is 0 Å². The Kier molecular flexibility index (Phi) is 2.72. The third kappa shape index (κ3) is 1.90. The zero-order chi connectivity index (χ0) is 9.97. The first kappa shape index (κ1) is 9.52. The van der Waals surface area contributed by atoms with E-state index >= 15 is 0 Å². The predicted octanol–water partition coefficient (Wildman–Crippen LogP) is 1.89. The fourth-order valence-electron chi connectivity index (χ4n) is 1.22. The van der Waals surface area contributed by atoms with E-state index in [-0.39, 0.29) is 5.75 Å². The average Bonchev–Trinajstić information content (AvgIpc) is 2.13. The normalized spacial score (nSPS) is 16.1. The Morgan fingerprint density at radius 2 is 2.14 bits per heavy atom. The van der Waals surface area contributed by atoms with E-state index in [2.05, 4.69) is 0 Å². The third-order valence-electron chi connectivity index (χ3n) is 2.05. The number of hydrogen-bond donors (Lipinski definition) is 1. The summed E-state index contributed by atoms with van der Waals surface area (Å²) in [6.07, 6.45) is 0.290. The average molecular weight is 212 g/mol. The molecule has 0 bridgehead atoms. The Morgan fingerprint density at radius 1 is 1.36 bits per heavy atom. The van der Waals surface area contributed by atoms with Crippen molar-refractivity contribution in [2.24, 2.45) is 0 Å². The highest BCUT2D eigenvalue weighted by molar-refractivity contribution is 8.00. The van der Waals surface area contributed by atoms with Crippen molar-refractivity contribution >= 4 is 11.8 Å². The number of methoxy groups -OCH3 is 1. The molecule has 0 saturated carbocycles. The molecule has 0 atom stereocenters. The van der Waals surface area contributed by atoms with E-state index in [1.54, 1.807) is 25.3 Å². The summed E-state index contributed by atoms with van der Waals surface area (Å²) in [7, 11) is 1.57. The minimum absolute atomic E-state index is 0.192. The number of phenols is 1. The maximum atomic E-state index is 9.23. The van der Waals surface area contributed by atoms with Gasteiger partial charge in [-0.2, -0.15) is 11.8 Å². The van der Waals surface area contributed by atoms with Crippen LogP contribution in [0.2, 0.25) is 0 Å². The molecule has 1 fully saturated rings. The van der Waals surface area contributed by atoms with Gasteiger partial charge in [0.1, 0.15) is 11.9 Å². The zero-order valence-electron chi connectivity index (χ0n) is 7.90. The maximum Gasteiger partial charge on any atom is 0.164 e. The molecule has 1 aliphatic rings. The topological polar surface area (TPSA) is 38.7 Å². The number of thioether (sulfide) groups is 1. The summed E-state index contributed by atoms with van der Waals surface area (Å²) in [4.78, 5) is 0. The molecule has 2 rings (SSSR count). The fraction of sp³-hybridized carbons (Fsp3) is 0.400. The largest absolute Gasteiger partial charge is 0.508 e. The lowest BCUT2D eigenvalue weighted by Gasteiger charge is -2.26. The molecule has 0 spiro atoms. The van der Waals surface area contributed by atoms with E-state index < -0.39 is 0 Å². The highest BCUT2D eigenvalue weighted by Gasteiger charge is 2.21.